The molecule has 38 heavy (non-hydrogen) atoms. The molecule has 0 atom stereocenters. The van der Waals surface area contributed by atoms with Gasteiger partial charge in [0.1, 0.15) is 11.2 Å². The summed E-state index contributed by atoms with van der Waals surface area (Å²) in [6, 6.07) is 10.2. The van der Waals surface area contributed by atoms with Crippen molar-refractivity contribution in [3.8, 4) is 22.0 Å². The predicted molar refractivity (Wildman–Crippen MR) is 150 cm³/mol. The maximum Gasteiger partial charge on any atom is 0.261 e. The van der Waals surface area contributed by atoms with Crippen LogP contribution < -0.4 is 0 Å². The normalized spacial score (nSPS) is 16.6. The molecule has 2 N–H and O–H groups in total. The van der Waals surface area contributed by atoms with E-state index in [9.17, 15) is 8.78 Å². The monoisotopic (exact) mass is 528 g/mol. The molecule has 1 fully saturated rings. The second-order valence-electron chi connectivity index (χ2n) is 9.46. The third-order valence-corrected chi connectivity index (χ3v) is 7.77. The van der Waals surface area contributed by atoms with Crippen molar-refractivity contribution in [2.24, 2.45) is 0 Å². The minimum absolute atomic E-state index is 0.0967. The van der Waals surface area contributed by atoms with E-state index in [1.54, 1.807) is 28.5 Å². The van der Waals surface area contributed by atoms with Crippen LogP contribution >= 0.6 is 11.3 Å². The van der Waals surface area contributed by atoms with Crippen LogP contribution in [0.2, 0.25) is 0 Å². The number of aromatic amines is 2. The summed E-state index contributed by atoms with van der Waals surface area (Å²) in [6.45, 7) is 6.50. The molecule has 0 radical (unpaired) electrons. The molecule has 6 nitrogen and oxygen atoms in total. The number of likely N-dealkylation sites (tertiary alicyclic amines) is 1. The largest absolute Gasteiger partial charge is 0.335 e. The van der Waals surface area contributed by atoms with Crippen molar-refractivity contribution < 1.29 is 8.78 Å². The summed E-state index contributed by atoms with van der Waals surface area (Å²) < 4.78 is 27.4. The van der Waals surface area contributed by atoms with Gasteiger partial charge in [-0.3, -0.25) is 15.0 Å². The van der Waals surface area contributed by atoms with Crippen LogP contribution in [0.3, 0.4) is 0 Å². The highest BCUT2D eigenvalue weighted by Gasteiger charge is 2.37. The van der Waals surface area contributed by atoms with Crippen LogP contribution in [0.4, 0.5) is 8.78 Å². The number of nitrogens with zero attached hydrogens (tertiary/aromatic N) is 4. The first-order valence-electron chi connectivity index (χ1n) is 12.4. The summed E-state index contributed by atoms with van der Waals surface area (Å²) in [5, 5.41) is 10.7. The number of allylic oxidation sites excluding steroid dienone is 3. The maximum atomic E-state index is 13.7. The van der Waals surface area contributed by atoms with Gasteiger partial charge in [-0.1, -0.05) is 36.9 Å². The average molecular weight is 529 g/mol. The third-order valence-electron chi connectivity index (χ3n) is 6.87. The molecule has 5 heterocycles. The first-order chi connectivity index (χ1) is 18.4. The number of alkyl halides is 2. The summed E-state index contributed by atoms with van der Waals surface area (Å²) in [7, 11) is 0. The van der Waals surface area contributed by atoms with Crippen molar-refractivity contribution in [1.29, 1.82) is 0 Å². The fourth-order valence-electron chi connectivity index (χ4n) is 4.93. The Hall–Kier alpha value is -3.95. The van der Waals surface area contributed by atoms with E-state index >= 15 is 0 Å². The molecule has 0 amide bonds. The second-order valence-corrected chi connectivity index (χ2v) is 10.4. The van der Waals surface area contributed by atoms with Crippen LogP contribution in [0.15, 0.2) is 78.5 Å². The molecule has 0 unspecified atom stereocenters. The molecule has 1 aliphatic heterocycles. The molecule has 0 spiro atoms. The lowest BCUT2D eigenvalue weighted by molar-refractivity contribution is 0.0131. The van der Waals surface area contributed by atoms with Crippen LogP contribution in [0, 0.1) is 0 Å². The fraction of sp³-hybridized carbons (Fsp3) is 0.207. The van der Waals surface area contributed by atoms with Crippen molar-refractivity contribution in [2.75, 3.05) is 19.6 Å². The Balaban J connectivity index is 1.35. The third kappa shape index (κ3) is 4.59. The molecule has 0 saturated carbocycles. The van der Waals surface area contributed by atoms with Gasteiger partial charge in [0, 0.05) is 41.5 Å². The van der Waals surface area contributed by atoms with Crippen LogP contribution in [0.25, 0.3) is 49.5 Å². The number of benzene rings is 1. The van der Waals surface area contributed by atoms with Gasteiger partial charge in [-0.05, 0) is 47.2 Å². The van der Waals surface area contributed by atoms with E-state index < -0.39 is 5.92 Å². The Bertz CT molecular complexity index is 1690. The van der Waals surface area contributed by atoms with E-state index in [0.717, 1.165) is 54.8 Å². The Morgan fingerprint density at radius 3 is 2.87 bits per heavy atom. The second kappa shape index (κ2) is 9.74. The molecule has 5 aromatic rings. The molecular weight excluding hydrogens is 502 g/mol. The number of fused-ring (bicyclic) bond motifs is 2. The number of pyridine rings is 1. The summed E-state index contributed by atoms with van der Waals surface area (Å²) in [4.78, 5) is 15.6. The summed E-state index contributed by atoms with van der Waals surface area (Å²) in [5.74, 6) is -1.95. The number of imidazole rings is 1. The van der Waals surface area contributed by atoms with E-state index in [-0.39, 0.29) is 13.0 Å². The number of hydrogen-bond donors (Lipinski definition) is 2. The zero-order valence-electron chi connectivity index (χ0n) is 20.8. The number of H-pyrrole nitrogens is 2. The predicted octanol–water partition coefficient (Wildman–Crippen LogP) is 7.09. The minimum Gasteiger partial charge on any atom is -0.335 e. The van der Waals surface area contributed by atoms with E-state index in [1.165, 1.54) is 0 Å². The molecule has 1 saturated heterocycles. The first-order valence-corrected chi connectivity index (χ1v) is 13.3. The van der Waals surface area contributed by atoms with Crippen molar-refractivity contribution in [3.05, 3.63) is 84.0 Å². The van der Waals surface area contributed by atoms with E-state index in [1.807, 2.05) is 48.9 Å². The molecule has 9 heteroatoms. The van der Waals surface area contributed by atoms with Crippen LogP contribution in [-0.4, -0.2) is 55.6 Å². The standard InChI is InChI=1S/C29H26F2N6S/c1-3-18(16-37-10-9-29(30,31)17-37)12-19(4-2)20-7-8-23-21(13-20)27(36-35-23)28-33-24-15-32-14-22(26(24)34-28)25-6-5-11-38-25/h3-8,11-15H,1,9-10,16-17H2,2H3,(H,33,34)(H,35,36)/b18-12+,19-4+. The zero-order valence-corrected chi connectivity index (χ0v) is 21.7. The topological polar surface area (TPSA) is 73.5 Å². The van der Waals surface area contributed by atoms with Crippen molar-refractivity contribution in [3.63, 3.8) is 0 Å². The number of thiophene rings is 1. The van der Waals surface area contributed by atoms with Gasteiger partial charge in [0.25, 0.3) is 5.92 Å². The molecule has 4 aromatic heterocycles. The molecular formula is C29H26F2N6S. The van der Waals surface area contributed by atoms with E-state index in [4.69, 9.17) is 4.98 Å². The van der Waals surface area contributed by atoms with Gasteiger partial charge < -0.3 is 4.98 Å². The summed E-state index contributed by atoms with van der Waals surface area (Å²) >= 11 is 1.65. The highest BCUT2D eigenvalue weighted by Crippen LogP contribution is 2.34. The number of halogens is 2. The lowest BCUT2D eigenvalue weighted by Crippen LogP contribution is -2.26. The van der Waals surface area contributed by atoms with Crippen LogP contribution in [0.5, 0.6) is 0 Å². The summed E-state index contributed by atoms with van der Waals surface area (Å²) in [6.07, 6.45) is 9.30. The molecule has 1 aromatic carbocycles. The number of hydrogen-bond acceptors (Lipinski definition) is 5. The highest BCUT2D eigenvalue weighted by molar-refractivity contribution is 7.13. The maximum absolute atomic E-state index is 13.7. The Morgan fingerprint density at radius 1 is 1.24 bits per heavy atom. The highest BCUT2D eigenvalue weighted by atomic mass is 32.1. The number of aromatic nitrogens is 5. The lowest BCUT2D eigenvalue weighted by Gasteiger charge is -2.16. The van der Waals surface area contributed by atoms with Crippen LogP contribution in [-0.2, 0) is 0 Å². The zero-order chi connectivity index (χ0) is 26.3. The van der Waals surface area contributed by atoms with Crippen molar-refractivity contribution in [2.45, 2.75) is 19.3 Å². The molecule has 1 aliphatic rings. The Morgan fingerprint density at radius 2 is 2.13 bits per heavy atom. The number of rotatable bonds is 7. The first kappa shape index (κ1) is 24.4. The van der Waals surface area contributed by atoms with Gasteiger partial charge in [0.15, 0.2) is 5.82 Å². The van der Waals surface area contributed by atoms with Gasteiger partial charge in [0.2, 0.25) is 0 Å². The fourth-order valence-corrected chi connectivity index (χ4v) is 5.67. The lowest BCUT2D eigenvalue weighted by atomic mass is 10.00. The van der Waals surface area contributed by atoms with E-state index in [2.05, 4.69) is 38.9 Å². The smallest absolute Gasteiger partial charge is 0.261 e. The number of nitrogens with one attached hydrogen (secondary N) is 2. The molecule has 0 aliphatic carbocycles. The summed E-state index contributed by atoms with van der Waals surface area (Å²) in [5.41, 5.74) is 7.16. The van der Waals surface area contributed by atoms with Crippen LogP contribution in [0.1, 0.15) is 18.9 Å². The quantitative estimate of drug-likeness (QED) is 0.221. The van der Waals surface area contributed by atoms with Gasteiger partial charge in [0.05, 0.1) is 23.8 Å². The van der Waals surface area contributed by atoms with E-state index in [0.29, 0.717) is 18.9 Å². The molecule has 6 rings (SSSR count). The van der Waals surface area contributed by atoms with Crippen molar-refractivity contribution >= 4 is 38.8 Å². The van der Waals surface area contributed by atoms with Gasteiger partial charge in [-0.15, -0.1) is 11.3 Å². The van der Waals surface area contributed by atoms with Gasteiger partial charge in [-0.2, -0.15) is 5.10 Å². The average Bonchev–Trinajstić information content (AvgIpc) is 3.71. The minimum atomic E-state index is -2.62. The molecule has 0 bridgehead atoms. The Labute approximate surface area is 222 Å². The van der Waals surface area contributed by atoms with Crippen molar-refractivity contribution in [1.82, 2.24) is 30.0 Å². The van der Waals surface area contributed by atoms with Gasteiger partial charge >= 0.3 is 0 Å². The van der Waals surface area contributed by atoms with Gasteiger partial charge in [-0.25, -0.2) is 13.8 Å². The Kier molecular flexibility index (Phi) is 6.25. The SMILES string of the molecule is C=C/C(=C\C(=C/C)c1ccc2[nH]nc(-c3nc4c(-c5cccs5)cncc4[nH]3)c2c1)CN1CCC(F)(F)C1. The molecule has 192 valence electrons.